The van der Waals surface area contributed by atoms with Crippen LogP contribution in [0.4, 0.5) is 22.9 Å². The first kappa shape index (κ1) is 22.3. The van der Waals surface area contributed by atoms with E-state index in [9.17, 15) is 9.59 Å². The van der Waals surface area contributed by atoms with Crippen LogP contribution in [0.25, 0.3) is 10.1 Å². The number of anilines is 4. The molecule has 0 atom stereocenters. The molecule has 2 amide bonds. The Morgan fingerprint density at radius 1 is 1.06 bits per heavy atom. The molecule has 0 radical (unpaired) electrons. The summed E-state index contributed by atoms with van der Waals surface area (Å²) in [7, 11) is 0. The molecule has 168 valence electrons. The van der Waals surface area contributed by atoms with Crippen molar-refractivity contribution in [3.8, 4) is 0 Å². The van der Waals surface area contributed by atoms with Gasteiger partial charge in [-0.05, 0) is 53.1 Å². The molecule has 8 heteroatoms. The Bertz CT molecular complexity index is 1280. The highest BCUT2D eigenvalue weighted by atomic mass is 32.1. The van der Waals surface area contributed by atoms with Crippen LogP contribution in [0, 0.1) is 0 Å². The van der Waals surface area contributed by atoms with Crippen molar-refractivity contribution in [1.29, 1.82) is 0 Å². The minimum atomic E-state index is -0.543. The van der Waals surface area contributed by atoms with E-state index in [2.05, 4.69) is 44.5 Å². The van der Waals surface area contributed by atoms with Crippen molar-refractivity contribution < 1.29 is 9.59 Å². The number of carbonyl (C=O) groups excluding carboxylic acids is 2. The second-order valence-corrected chi connectivity index (χ2v) is 8.51. The van der Waals surface area contributed by atoms with E-state index < -0.39 is 5.91 Å². The van der Waals surface area contributed by atoms with Gasteiger partial charge in [0.15, 0.2) is 0 Å². The zero-order valence-corrected chi connectivity index (χ0v) is 19.0. The van der Waals surface area contributed by atoms with E-state index >= 15 is 0 Å². The highest BCUT2D eigenvalue weighted by Crippen LogP contribution is 2.27. The van der Waals surface area contributed by atoms with Gasteiger partial charge in [0.25, 0.3) is 5.91 Å². The van der Waals surface area contributed by atoms with Crippen LogP contribution in [-0.2, 0) is 11.3 Å². The van der Waals surface area contributed by atoms with Crippen LogP contribution in [-0.4, -0.2) is 16.8 Å². The fraction of sp³-hybridized carbons (Fsp3) is 0.160. The summed E-state index contributed by atoms with van der Waals surface area (Å²) >= 11 is 1.69. The van der Waals surface area contributed by atoms with Crippen molar-refractivity contribution in [3.05, 3.63) is 77.3 Å². The number of hydrogen-bond donors (Lipinski definition) is 4. The van der Waals surface area contributed by atoms with Crippen LogP contribution in [0.2, 0.25) is 0 Å². The first-order valence-electron chi connectivity index (χ1n) is 10.7. The normalized spacial score (nSPS) is 10.7. The minimum Gasteiger partial charge on any atom is -0.380 e. The number of rotatable bonds is 9. The lowest BCUT2D eigenvalue weighted by molar-refractivity contribution is -0.116. The second-order valence-electron chi connectivity index (χ2n) is 7.59. The molecule has 0 aliphatic heterocycles. The Balaban J connectivity index is 1.49. The quantitative estimate of drug-likeness (QED) is 0.265. The molecule has 5 N–H and O–H groups in total. The average Bonchev–Trinajstić information content (AvgIpc) is 3.29. The summed E-state index contributed by atoms with van der Waals surface area (Å²) in [4.78, 5) is 28.0. The number of aromatic nitrogens is 1. The van der Waals surface area contributed by atoms with Crippen molar-refractivity contribution in [3.63, 3.8) is 0 Å². The van der Waals surface area contributed by atoms with Gasteiger partial charge in [-0.3, -0.25) is 9.59 Å². The fourth-order valence-electron chi connectivity index (χ4n) is 3.49. The summed E-state index contributed by atoms with van der Waals surface area (Å²) in [5.74, 6) is 0.0218. The number of benzene rings is 2. The van der Waals surface area contributed by atoms with Crippen LogP contribution in [0.1, 0.15) is 35.7 Å². The van der Waals surface area contributed by atoms with Crippen LogP contribution in [0.15, 0.2) is 66.2 Å². The number of primary amides is 1. The van der Waals surface area contributed by atoms with Crippen LogP contribution >= 0.6 is 11.3 Å². The average molecular weight is 460 g/mol. The molecule has 0 saturated heterocycles. The summed E-state index contributed by atoms with van der Waals surface area (Å²) in [6, 6.07) is 17.4. The molecule has 2 aromatic carbocycles. The van der Waals surface area contributed by atoms with Crippen molar-refractivity contribution in [1.82, 2.24) is 4.98 Å². The third-order valence-electron chi connectivity index (χ3n) is 5.12. The Labute approximate surface area is 196 Å². The first-order valence-corrected chi connectivity index (χ1v) is 11.6. The topological polar surface area (TPSA) is 109 Å². The van der Waals surface area contributed by atoms with Crippen molar-refractivity contribution in [2.45, 2.75) is 26.3 Å². The molecule has 0 saturated carbocycles. The highest BCUT2D eigenvalue weighted by molar-refractivity contribution is 7.17. The number of pyridine rings is 1. The Hall–Kier alpha value is -3.91. The number of nitrogens with one attached hydrogen (secondary N) is 3. The number of thiophene rings is 1. The van der Waals surface area contributed by atoms with E-state index in [-0.39, 0.29) is 5.91 Å². The number of nitrogens with two attached hydrogens (primary N) is 1. The maximum absolute atomic E-state index is 11.9. The van der Waals surface area contributed by atoms with Gasteiger partial charge in [0.1, 0.15) is 5.82 Å². The van der Waals surface area contributed by atoms with Crippen molar-refractivity contribution >= 4 is 56.1 Å². The molecule has 0 fully saturated rings. The molecule has 0 aliphatic carbocycles. The van der Waals surface area contributed by atoms with Gasteiger partial charge in [0.05, 0.1) is 11.3 Å². The number of amides is 2. The predicted octanol–water partition coefficient (Wildman–Crippen LogP) is 5.49. The molecule has 0 unspecified atom stereocenters. The fourth-order valence-corrected chi connectivity index (χ4v) is 4.40. The van der Waals surface area contributed by atoms with Gasteiger partial charge in [-0.1, -0.05) is 25.1 Å². The van der Waals surface area contributed by atoms with Gasteiger partial charge >= 0.3 is 0 Å². The van der Waals surface area contributed by atoms with E-state index in [4.69, 9.17) is 5.73 Å². The number of nitrogens with zero attached hydrogens (tertiary/aromatic N) is 1. The highest BCUT2D eigenvalue weighted by Gasteiger charge is 2.12. The zero-order valence-electron chi connectivity index (χ0n) is 18.2. The Morgan fingerprint density at radius 3 is 2.61 bits per heavy atom. The lowest BCUT2D eigenvalue weighted by Gasteiger charge is -2.13. The molecule has 4 aromatic rings. The summed E-state index contributed by atoms with van der Waals surface area (Å²) in [6.45, 7) is 2.52. The van der Waals surface area contributed by atoms with E-state index in [0.717, 1.165) is 23.4 Å². The minimum absolute atomic E-state index is 0.00382. The molecular formula is C25H25N5O2S. The first-order chi connectivity index (χ1) is 16.0. The Morgan fingerprint density at radius 2 is 1.85 bits per heavy atom. The third kappa shape index (κ3) is 5.48. The smallest absolute Gasteiger partial charge is 0.252 e. The largest absolute Gasteiger partial charge is 0.380 e. The van der Waals surface area contributed by atoms with Gasteiger partial charge in [0.2, 0.25) is 5.91 Å². The standard InChI is InChI=1S/C25H25N5O2S/c1-2-4-23(31)30-19-9-7-18(8-10-19)29-22-13-21(20(15-28-22)25(26)32)27-14-17-6-3-5-16-11-12-33-24(16)17/h3,5-13,15H,2,4,14H2,1H3,(H2,26,32)(H,30,31)(H2,27,28,29). The molecule has 4 rings (SSSR count). The van der Waals surface area contributed by atoms with Gasteiger partial charge in [-0.2, -0.15) is 0 Å². The molecule has 0 bridgehead atoms. The third-order valence-corrected chi connectivity index (χ3v) is 6.12. The van der Waals surface area contributed by atoms with Crippen LogP contribution < -0.4 is 21.7 Å². The number of carbonyl (C=O) groups is 2. The summed E-state index contributed by atoms with van der Waals surface area (Å²) in [6.07, 6.45) is 2.77. The van der Waals surface area contributed by atoms with E-state index in [1.807, 2.05) is 37.3 Å². The maximum atomic E-state index is 11.9. The van der Waals surface area contributed by atoms with E-state index in [1.54, 1.807) is 17.4 Å². The summed E-state index contributed by atoms with van der Waals surface area (Å²) < 4.78 is 1.21. The molecular weight excluding hydrogens is 434 g/mol. The van der Waals surface area contributed by atoms with Gasteiger partial charge < -0.3 is 21.7 Å². The Kier molecular flexibility index (Phi) is 6.85. The predicted molar refractivity (Wildman–Crippen MR) is 135 cm³/mol. The van der Waals surface area contributed by atoms with Crippen molar-refractivity contribution in [2.24, 2.45) is 5.73 Å². The van der Waals surface area contributed by atoms with Crippen LogP contribution in [0.5, 0.6) is 0 Å². The summed E-state index contributed by atoms with van der Waals surface area (Å²) in [5.41, 5.74) is 9.18. The molecule has 0 spiro atoms. The van der Waals surface area contributed by atoms with Gasteiger partial charge in [0, 0.05) is 41.3 Å². The molecule has 2 heterocycles. The van der Waals surface area contributed by atoms with Gasteiger partial charge in [-0.15, -0.1) is 11.3 Å². The molecule has 7 nitrogen and oxygen atoms in total. The van der Waals surface area contributed by atoms with Crippen molar-refractivity contribution in [2.75, 3.05) is 16.0 Å². The molecule has 2 aromatic heterocycles. The molecule has 0 aliphatic rings. The number of hydrogen-bond acceptors (Lipinski definition) is 6. The SMILES string of the molecule is CCCC(=O)Nc1ccc(Nc2cc(NCc3cccc4ccsc34)c(C(N)=O)cn2)cc1. The van der Waals surface area contributed by atoms with Gasteiger partial charge in [-0.25, -0.2) is 4.98 Å². The zero-order chi connectivity index (χ0) is 23.2. The molecule has 33 heavy (non-hydrogen) atoms. The lowest BCUT2D eigenvalue weighted by Crippen LogP contribution is -2.15. The summed E-state index contributed by atoms with van der Waals surface area (Å²) in [5, 5.41) is 12.7. The van der Waals surface area contributed by atoms with E-state index in [1.165, 1.54) is 16.3 Å². The lowest BCUT2D eigenvalue weighted by atomic mass is 10.1. The van der Waals surface area contributed by atoms with Crippen LogP contribution in [0.3, 0.4) is 0 Å². The monoisotopic (exact) mass is 459 g/mol. The second kappa shape index (κ2) is 10.1. The number of fused-ring (bicyclic) bond motifs is 1. The van der Waals surface area contributed by atoms with E-state index in [0.29, 0.717) is 30.0 Å². The maximum Gasteiger partial charge on any atom is 0.252 e.